The second-order valence-corrected chi connectivity index (χ2v) is 4.63. The zero-order chi connectivity index (χ0) is 12.7. The molecule has 0 aromatic rings. The van der Waals surface area contributed by atoms with Crippen LogP contribution in [0, 0.1) is 0 Å². The Labute approximate surface area is 102 Å². The van der Waals surface area contributed by atoms with Crippen LogP contribution in [0.15, 0.2) is 0 Å². The molecule has 2 N–H and O–H groups in total. The van der Waals surface area contributed by atoms with E-state index in [1.54, 1.807) is 4.90 Å². The van der Waals surface area contributed by atoms with E-state index in [1.807, 2.05) is 0 Å². The highest BCUT2D eigenvalue weighted by molar-refractivity contribution is 4.71. The largest absolute Gasteiger partial charge is 0.329 e. The van der Waals surface area contributed by atoms with Crippen LogP contribution in [0.4, 0.5) is 8.78 Å². The summed E-state index contributed by atoms with van der Waals surface area (Å²) in [6.07, 6.45) is -2.27. The SMILES string of the molecule is CN1CCN(CCN(CCN)CC(F)F)CC1. The number of hydrogen-bond acceptors (Lipinski definition) is 4. The van der Waals surface area contributed by atoms with Gasteiger partial charge in [-0.2, -0.15) is 0 Å². The third-order valence-electron chi connectivity index (χ3n) is 3.17. The molecule has 4 nitrogen and oxygen atoms in total. The Morgan fingerprint density at radius 2 is 1.82 bits per heavy atom. The number of halogens is 2. The minimum Gasteiger partial charge on any atom is -0.329 e. The van der Waals surface area contributed by atoms with Gasteiger partial charge in [0.2, 0.25) is 0 Å². The molecule has 17 heavy (non-hydrogen) atoms. The number of nitrogens with two attached hydrogens (primary N) is 1. The van der Waals surface area contributed by atoms with Crippen LogP contribution in [0.25, 0.3) is 0 Å². The zero-order valence-corrected chi connectivity index (χ0v) is 10.6. The molecule has 0 radical (unpaired) electrons. The van der Waals surface area contributed by atoms with Gasteiger partial charge in [-0.15, -0.1) is 0 Å². The fourth-order valence-corrected chi connectivity index (χ4v) is 2.03. The molecule has 6 heteroatoms. The second-order valence-electron chi connectivity index (χ2n) is 4.63. The Morgan fingerprint density at radius 3 is 2.35 bits per heavy atom. The van der Waals surface area contributed by atoms with Crippen LogP contribution < -0.4 is 5.73 Å². The Bertz CT molecular complexity index is 196. The lowest BCUT2D eigenvalue weighted by atomic mass is 10.3. The molecule has 0 unspecified atom stereocenters. The summed E-state index contributed by atoms with van der Waals surface area (Å²) in [5.74, 6) is 0. The number of likely N-dealkylation sites (N-methyl/N-ethyl adjacent to an activating group) is 1. The lowest BCUT2D eigenvalue weighted by Crippen LogP contribution is -2.47. The summed E-state index contributed by atoms with van der Waals surface area (Å²) < 4.78 is 24.6. The van der Waals surface area contributed by atoms with Gasteiger partial charge in [-0.05, 0) is 7.05 Å². The van der Waals surface area contributed by atoms with Crippen LogP contribution in [-0.2, 0) is 0 Å². The minimum atomic E-state index is -2.27. The van der Waals surface area contributed by atoms with Gasteiger partial charge in [-0.3, -0.25) is 9.80 Å². The molecule has 0 amide bonds. The molecule has 1 rings (SSSR count). The third kappa shape index (κ3) is 6.26. The molecule has 102 valence electrons. The molecule has 1 saturated heterocycles. The van der Waals surface area contributed by atoms with Gasteiger partial charge >= 0.3 is 0 Å². The van der Waals surface area contributed by atoms with Crippen molar-refractivity contribution >= 4 is 0 Å². The summed E-state index contributed by atoms with van der Waals surface area (Å²) in [5, 5.41) is 0. The predicted octanol–water partition coefficient (Wildman–Crippen LogP) is -0.240. The van der Waals surface area contributed by atoms with Crippen molar-refractivity contribution in [3.8, 4) is 0 Å². The molecule has 0 atom stereocenters. The van der Waals surface area contributed by atoms with Gasteiger partial charge in [0.1, 0.15) is 0 Å². The summed E-state index contributed by atoms with van der Waals surface area (Å²) in [6.45, 7) is 6.56. The average Bonchev–Trinajstić information content (AvgIpc) is 2.27. The first-order valence-electron chi connectivity index (χ1n) is 6.23. The number of nitrogens with zero attached hydrogens (tertiary/aromatic N) is 3. The van der Waals surface area contributed by atoms with E-state index in [-0.39, 0.29) is 6.54 Å². The van der Waals surface area contributed by atoms with E-state index in [4.69, 9.17) is 5.73 Å². The van der Waals surface area contributed by atoms with Crippen LogP contribution in [0.3, 0.4) is 0 Å². The third-order valence-corrected chi connectivity index (χ3v) is 3.17. The van der Waals surface area contributed by atoms with Gasteiger partial charge in [-0.25, -0.2) is 8.78 Å². The van der Waals surface area contributed by atoms with Crippen LogP contribution in [0.2, 0.25) is 0 Å². The van der Waals surface area contributed by atoms with Crippen molar-refractivity contribution in [2.75, 3.05) is 66.0 Å². The molecule has 0 aliphatic carbocycles. The summed E-state index contributed by atoms with van der Waals surface area (Å²) >= 11 is 0. The van der Waals surface area contributed by atoms with E-state index in [0.717, 1.165) is 32.7 Å². The normalized spacial score (nSPS) is 19.4. The first-order chi connectivity index (χ1) is 8.11. The first-order valence-corrected chi connectivity index (χ1v) is 6.23. The first kappa shape index (κ1) is 14.8. The van der Waals surface area contributed by atoms with Crippen molar-refractivity contribution in [1.82, 2.24) is 14.7 Å². The Balaban J connectivity index is 2.21. The average molecular weight is 250 g/mol. The predicted molar refractivity (Wildman–Crippen MR) is 65.4 cm³/mol. The van der Waals surface area contributed by atoms with Crippen molar-refractivity contribution in [2.24, 2.45) is 5.73 Å². The van der Waals surface area contributed by atoms with Gasteiger partial charge < -0.3 is 10.6 Å². The number of alkyl halides is 2. The summed E-state index contributed by atoms with van der Waals surface area (Å²) in [5.41, 5.74) is 5.43. The maximum Gasteiger partial charge on any atom is 0.251 e. The smallest absolute Gasteiger partial charge is 0.251 e. The maximum atomic E-state index is 12.3. The van der Waals surface area contributed by atoms with Crippen molar-refractivity contribution in [2.45, 2.75) is 6.43 Å². The molecule has 1 heterocycles. The quantitative estimate of drug-likeness (QED) is 0.676. The Morgan fingerprint density at radius 1 is 1.18 bits per heavy atom. The van der Waals surface area contributed by atoms with Crippen LogP contribution in [0.5, 0.6) is 0 Å². The molecule has 1 fully saturated rings. The monoisotopic (exact) mass is 250 g/mol. The van der Waals surface area contributed by atoms with Gasteiger partial charge in [0.25, 0.3) is 6.43 Å². The van der Waals surface area contributed by atoms with Gasteiger partial charge in [0, 0.05) is 52.4 Å². The van der Waals surface area contributed by atoms with Crippen molar-refractivity contribution in [3.63, 3.8) is 0 Å². The van der Waals surface area contributed by atoms with Crippen molar-refractivity contribution < 1.29 is 8.78 Å². The maximum absolute atomic E-state index is 12.3. The van der Waals surface area contributed by atoms with Crippen molar-refractivity contribution in [3.05, 3.63) is 0 Å². The molecular weight excluding hydrogens is 226 g/mol. The molecular formula is C11H24F2N4. The molecule has 0 aromatic carbocycles. The van der Waals surface area contributed by atoms with Crippen molar-refractivity contribution in [1.29, 1.82) is 0 Å². The topological polar surface area (TPSA) is 35.7 Å². The standard InChI is InChI=1S/C11H24F2N4/c1-15-4-6-16(7-5-15)8-9-17(3-2-14)10-11(12)13/h11H,2-10,14H2,1H3. The fraction of sp³-hybridized carbons (Fsp3) is 1.00. The molecule has 0 aromatic heterocycles. The van der Waals surface area contributed by atoms with Crippen LogP contribution in [0.1, 0.15) is 0 Å². The number of rotatable bonds is 7. The molecule has 1 aliphatic rings. The van der Waals surface area contributed by atoms with E-state index in [9.17, 15) is 8.78 Å². The highest BCUT2D eigenvalue weighted by atomic mass is 19.3. The Kier molecular flexibility index (Phi) is 6.87. The second kappa shape index (κ2) is 7.92. The summed E-state index contributed by atoms with van der Waals surface area (Å²) in [4.78, 5) is 6.37. The van der Waals surface area contributed by atoms with Gasteiger partial charge in [0.05, 0.1) is 6.54 Å². The van der Waals surface area contributed by atoms with Gasteiger partial charge in [0.15, 0.2) is 0 Å². The lowest BCUT2D eigenvalue weighted by molar-refractivity contribution is 0.0770. The number of hydrogen-bond donors (Lipinski definition) is 1. The van der Waals surface area contributed by atoms with E-state index in [0.29, 0.717) is 19.6 Å². The highest BCUT2D eigenvalue weighted by Gasteiger charge is 2.16. The van der Waals surface area contributed by atoms with E-state index in [2.05, 4.69) is 16.8 Å². The number of piperazine rings is 1. The van der Waals surface area contributed by atoms with Crippen LogP contribution >= 0.6 is 0 Å². The molecule has 0 bridgehead atoms. The van der Waals surface area contributed by atoms with Crippen LogP contribution in [-0.4, -0.2) is 87.1 Å². The molecule has 1 aliphatic heterocycles. The summed E-state index contributed by atoms with van der Waals surface area (Å²) in [7, 11) is 2.11. The Hall–Kier alpha value is -0.300. The van der Waals surface area contributed by atoms with E-state index < -0.39 is 6.43 Å². The minimum absolute atomic E-state index is 0.162. The highest BCUT2D eigenvalue weighted by Crippen LogP contribution is 2.01. The summed E-state index contributed by atoms with van der Waals surface area (Å²) in [6, 6.07) is 0. The fourth-order valence-electron chi connectivity index (χ4n) is 2.03. The van der Waals surface area contributed by atoms with E-state index >= 15 is 0 Å². The zero-order valence-electron chi connectivity index (χ0n) is 10.6. The molecule has 0 spiro atoms. The lowest BCUT2D eigenvalue weighted by Gasteiger charge is -2.33. The van der Waals surface area contributed by atoms with Gasteiger partial charge in [-0.1, -0.05) is 0 Å². The molecule has 0 saturated carbocycles. The van der Waals surface area contributed by atoms with E-state index in [1.165, 1.54) is 0 Å².